The van der Waals surface area contributed by atoms with Crippen LogP contribution in [0, 0.1) is 0 Å². The summed E-state index contributed by atoms with van der Waals surface area (Å²) < 4.78 is 27.9. The highest BCUT2D eigenvalue weighted by molar-refractivity contribution is 7.89. The first-order valence-electron chi connectivity index (χ1n) is 8.34. The first kappa shape index (κ1) is 18.0. The molecule has 1 saturated heterocycles. The highest BCUT2D eigenvalue weighted by atomic mass is 32.2. The Morgan fingerprint density at radius 1 is 1.24 bits per heavy atom. The highest BCUT2D eigenvalue weighted by Crippen LogP contribution is 2.28. The molecule has 134 valence electrons. The minimum Gasteiger partial charge on any atom is -0.313 e. The van der Waals surface area contributed by atoms with Crippen molar-refractivity contribution in [3.8, 4) is 0 Å². The number of rotatable bonds is 5. The SMILES string of the molecule is CN(C)Cc1ccc(S(=O)(=O)N2CCNCC2c2cccnc2)cc1. The Balaban J connectivity index is 1.89. The summed E-state index contributed by atoms with van der Waals surface area (Å²) in [6.45, 7) is 2.46. The van der Waals surface area contributed by atoms with Gasteiger partial charge in [-0.05, 0) is 43.4 Å². The molecule has 2 aromatic rings. The van der Waals surface area contributed by atoms with Crippen LogP contribution in [0.25, 0.3) is 0 Å². The molecule has 7 heteroatoms. The van der Waals surface area contributed by atoms with Crippen molar-refractivity contribution in [1.29, 1.82) is 0 Å². The molecule has 1 aromatic heterocycles. The first-order chi connectivity index (χ1) is 12.0. The van der Waals surface area contributed by atoms with Gasteiger partial charge >= 0.3 is 0 Å². The fraction of sp³-hybridized carbons (Fsp3) is 0.389. The molecule has 0 saturated carbocycles. The van der Waals surface area contributed by atoms with Crippen LogP contribution in [0.5, 0.6) is 0 Å². The zero-order chi connectivity index (χ0) is 17.9. The summed E-state index contributed by atoms with van der Waals surface area (Å²) in [5.74, 6) is 0. The topological polar surface area (TPSA) is 65.5 Å². The number of benzene rings is 1. The number of hydrogen-bond donors (Lipinski definition) is 1. The summed E-state index contributed by atoms with van der Waals surface area (Å²) in [6.07, 6.45) is 3.43. The van der Waals surface area contributed by atoms with Crippen LogP contribution in [0.3, 0.4) is 0 Å². The summed E-state index contributed by atoms with van der Waals surface area (Å²) in [7, 11) is 0.427. The van der Waals surface area contributed by atoms with Gasteiger partial charge in [0.2, 0.25) is 10.0 Å². The molecule has 0 spiro atoms. The molecule has 1 aliphatic heterocycles. The molecule has 1 aliphatic rings. The summed E-state index contributed by atoms with van der Waals surface area (Å²) in [4.78, 5) is 6.53. The predicted octanol–water partition coefficient (Wildman–Crippen LogP) is 1.48. The van der Waals surface area contributed by atoms with Crippen molar-refractivity contribution in [2.45, 2.75) is 17.5 Å². The number of nitrogens with zero attached hydrogens (tertiary/aromatic N) is 3. The van der Waals surface area contributed by atoms with Crippen LogP contribution in [-0.4, -0.2) is 56.3 Å². The molecule has 3 rings (SSSR count). The van der Waals surface area contributed by atoms with Crippen LogP contribution in [-0.2, 0) is 16.6 Å². The van der Waals surface area contributed by atoms with Crippen LogP contribution < -0.4 is 5.32 Å². The highest BCUT2D eigenvalue weighted by Gasteiger charge is 2.34. The van der Waals surface area contributed by atoms with Gasteiger partial charge in [-0.3, -0.25) is 4.98 Å². The lowest BCUT2D eigenvalue weighted by molar-refractivity contribution is 0.271. The van der Waals surface area contributed by atoms with Crippen LogP contribution in [0.15, 0.2) is 53.7 Å². The quantitative estimate of drug-likeness (QED) is 0.875. The molecule has 1 atom stereocenters. The van der Waals surface area contributed by atoms with Gasteiger partial charge in [-0.2, -0.15) is 4.31 Å². The normalized spacial score (nSPS) is 19.2. The van der Waals surface area contributed by atoms with E-state index in [1.54, 1.807) is 28.8 Å². The third-order valence-electron chi connectivity index (χ3n) is 4.29. The fourth-order valence-corrected chi connectivity index (χ4v) is 4.71. The molecule has 6 nitrogen and oxygen atoms in total. The molecule has 0 amide bonds. The van der Waals surface area contributed by atoms with Gasteiger partial charge in [-0.1, -0.05) is 18.2 Å². The maximum atomic E-state index is 13.2. The van der Waals surface area contributed by atoms with E-state index < -0.39 is 10.0 Å². The van der Waals surface area contributed by atoms with E-state index in [0.29, 0.717) is 24.5 Å². The molecule has 0 bridgehead atoms. The third kappa shape index (κ3) is 4.07. The standard InChI is InChI=1S/C18H24N4O2S/c1-21(2)14-15-5-7-17(8-6-15)25(23,24)22-11-10-20-13-18(22)16-4-3-9-19-12-16/h3-9,12,18,20H,10-11,13-14H2,1-2H3. The molecule has 25 heavy (non-hydrogen) atoms. The lowest BCUT2D eigenvalue weighted by Gasteiger charge is -2.35. The van der Waals surface area contributed by atoms with Gasteiger partial charge in [0.15, 0.2) is 0 Å². The number of sulfonamides is 1. The predicted molar refractivity (Wildman–Crippen MR) is 97.6 cm³/mol. The Hall–Kier alpha value is -1.80. The lowest BCUT2D eigenvalue weighted by Crippen LogP contribution is -2.48. The van der Waals surface area contributed by atoms with Crippen molar-refractivity contribution < 1.29 is 8.42 Å². The van der Waals surface area contributed by atoms with E-state index in [1.807, 2.05) is 38.4 Å². The number of hydrogen-bond acceptors (Lipinski definition) is 5. The summed E-state index contributed by atoms with van der Waals surface area (Å²) in [6, 6.07) is 10.7. The summed E-state index contributed by atoms with van der Waals surface area (Å²) in [5.41, 5.74) is 2.00. The largest absolute Gasteiger partial charge is 0.313 e. The van der Waals surface area contributed by atoms with E-state index in [2.05, 4.69) is 15.2 Å². The second-order valence-corrected chi connectivity index (χ2v) is 8.39. The van der Waals surface area contributed by atoms with Crippen molar-refractivity contribution in [2.24, 2.45) is 0 Å². The van der Waals surface area contributed by atoms with Gasteiger partial charge in [-0.25, -0.2) is 8.42 Å². The average molecular weight is 360 g/mol. The zero-order valence-corrected chi connectivity index (χ0v) is 15.4. The van der Waals surface area contributed by atoms with Crippen LogP contribution >= 0.6 is 0 Å². The van der Waals surface area contributed by atoms with Gasteiger partial charge in [-0.15, -0.1) is 0 Å². The molecule has 1 N–H and O–H groups in total. The second kappa shape index (κ2) is 7.61. The van der Waals surface area contributed by atoms with Crippen LogP contribution in [0.2, 0.25) is 0 Å². The number of piperazine rings is 1. The van der Waals surface area contributed by atoms with Crippen molar-refractivity contribution >= 4 is 10.0 Å². The number of pyridine rings is 1. The third-order valence-corrected chi connectivity index (χ3v) is 6.21. The minimum absolute atomic E-state index is 0.242. The van der Waals surface area contributed by atoms with E-state index in [-0.39, 0.29) is 6.04 Å². The summed E-state index contributed by atoms with van der Waals surface area (Å²) in [5, 5.41) is 3.28. The summed E-state index contributed by atoms with van der Waals surface area (Å²) >= 11 is 0. The number of nitrogens with one attached hydrogen (secondary N) is 1. The molecule has 1 fully saturated rings. The van der Waals surface area contributed by atoms with Crippen LogP contribution in [0.1, 0.15) is 17.2 Å². The Morgan fingerprint density at radius 3 is 2.64 bits per heavy atom. The van der Waals surface area contributed by atoms with E-state index in [0.717, 1.165) is 17.7 Å². The van der Waals surface area contributed by atoms with Gasteiger partial charge in [0.05, 0.1) is 10.9 Å². The van der Waals surface area contributed by atoms with Crippen molar-refractivity contribution in [1.82, 2.24) is 19.5 Å². The molecule has 1 aromatic carbocycles. The Labute approximate surface area is 149 Å². The number of aromatic nitrogens is 1. The average Bonchev–Trinajstić information content (AvgIpc) is 2.62. The molecule has 0 aliphatic carbocycles. The zero-order valence-electron chi connectivity index (χ0n) is 14.6. The first-order valence-corrected chi connectivity index (χ1v) is 9.78. The van der Waals surface area contributed by atoms with E-state index in [4.69, 9.17) is 0 Å². The van der Waals surface area contributed by atoms with Gasteiger partial charge in [0, 0.05) is 38.6 Å². The molecule has 1 unspecified atom stereocenters. The minimum atomic E-state index is -3.55. The monoisotopic (exact) mass is 360 g/mol. The van der Waals surface area contributed by atoms with Crippen molar-refractivity contribution in [2.75, 3.05) is 33.7 Å². The van der Waals surface area contributed by atoms with Crippen LogP contribution in [0.4, 0.5) is 0 Å². The fourth-order valence-electron chi connectivity index (χ4n) is 3.10. The van der Waals surface area contributed by atoms with Gasteiger partial charge < -0.3 is 10.2 Å². The van der Waals surface area contributed by atoms with E-state index >= 15 is 0 Å². The Bertz CT molecular complexity index is 792. The maximum absolute atomic E-state index is 13.2. The molecule has 2 heterocycles. The molecule has 0 radical (unpaired) electrons. The smallest absolute Gasteiger partial charge is 0.243 e. The van der Waals surface area contributed by atoms with Gasteiger partial charge in [0.1, 0.15) is 0 Å². The molecular formula is C18H24N4O2S. The van der Waals surface area contributed by atoms with Gasteiger partial charge in [0.25, 0.3) is 0 Å². The Kier molecular flexibility index (Phi) is 5.48. The molecular weight excluding hydrogens is 336 g/mol. The van der Waals surface area contributed by atoms with Crippen molar-refractivity contribution in [3.63, 3.8) is 0 Å². The second-order valence-electron chi connectivity index (χ2n) is 6.50. The van der Waals surface area contributed by atoms with E-state index in [9.17, 15) is 8.42 Å². The Morgan fingerprint density at radius 2 is 2.00 bits per heavy atom. The maximum Gasteiger partial charge on any atom is 0.243 e. The van der Waals surface area contributed by atoms with E-state index in [1.165, 1.54) is 0 Å². The lowest BCUT2D eigenvalue weighted by atomic mass is 10.1. The van der Waals surface area contributed by atoms with Crippen molar-refractivity contribution in [3.05, 3.63) is 59.9 Å².